The minimum absolute atomic E-state index is 0.0306. The molecule has 1 N–H and O–H groups in total. The Morgan fingerprint density at radius 3 is 1.57 bits per heavy atom. The third-order valence-electron chi connectivity index (χ3n) is 11.8. The molecule has 40 heavy (non-hydrogen) atoms. The van der Waals surface area contributed by atoms with Gasteiger partial charge in [-0.3, -0.25) is 0 Å². The summed E-state index contributed by atoms with van der Waals surface area (Å²) >= 11 is 0. The Morgan fingerprint density at radius 2 is 1.07 bits per heavy atom. The van der Waals surface area contributed by atoms with Crippen molar-refractivity contribution >= 4 is 0 Å². The van der Waals surface area contributed by atoms with Gasteiger partial charge in [-0.2, -0.15) is 0 Å². The van der Waals surface area contributed by atoms with E-state index in [0.717, 1.165) is 0 Å². The number of aliphatic hydroxyl groups is 1. The average molecular weight is 577 g/mol. The molecular weight excluding hydrogens is 536 g/mol. The van der Waals surface area contributed by atoms with Gasteiger partial charge < -0.3 is 33.5 Å². The van der Waals surface area contributed by atoms with E-state index in [0.29, 0.717) is 58.5 Å². The molecular formula is C29H40F4O7. The van der Waals surface area contributed by atoms with Crippen LogP contribution in [-0.2, 0) is 28.4 Å². The Balaban J connectivity index is 0.834. The molecule has 2 heterocycles. The fraction of sp³-hybridized carbons (Fsp3) is 1.00. The topological polar surface area (TPSA) is 82.2 Å². The zero-order valence-electron chi connectivity index (χ0n) is 22.7. The van der Waals surface area contributed by atoms with Gasteiger partial charge in [0.25, 0.3) is 0 Å². The number of aliphatic hydroxyl groups excluding tert-OH is 1. The second-order valence-corrected chi connectivity index (χ2v) is 13.9. The van der Waals surface area contributed by atoms with Crippen molar-refractivity contribution < 1.29 is 51.1 Å². The predicted molar refractivity (Wildman–Crippen MR) is 131 cm³/mol. The molecule has 0 aromatic heterocycles. The van der Waals surface area contributed by atoms with Gasteiger partial charge in [0.05, 0.1) is 64.1 Å². The smallest absolute Gasteiger partial charge is 0.145 e. The van der Waals surface area contributed by atoms with Crippen molar-refractivity contribution in [2.24, 2.45) is 23.7 Å². The van der Waals surface area contributed by atoms with Crippen LogP contribution >= 0.6 is 0 Å². The van der Waals surface area contributed by atoms with Crippen molar-refractivity contribution in [3.05, 3.63) is 0 Å². The molecule has 2 saturated heterocycles. The SMILES string of the molecule is OC(COC1CC2CC1(F)C1CCC(OCC3CO3)C21F)COC1CCC2C3(F)CC(CC3OCC3CO3)C12F. The zero-order valence-corrected chi connectivity index (χ0v) is 22.7. The Hall–Kier alpha value is -0.560. The van der Waals surface area contributed by atoms with Crippen LogP contribution in [0.2, 0.25) is 0 Å². The van der Waals surface area contributed by atoms with Crippen LogP contribution in [0.15, 0.2) is 0 Å². The highest BCUT2D eigenvalue weighted by atomic mass is 19.2. The van der Waals surface area contributed by atoms with Crippen LogP contribution < -0.4 is 0 Å². The van der Waals surface area contributed by atoms with E-state index < -0.39 is 76.9 Å². The number of fused-ring (bicyclic) bond motifs is 10. The zero-order chi connectivity index (χ0) is 27.5. The highest BCUT2D eigenvalue weighted by Gasteiger charge is 2.77. The van der Waals surface area contributed by atoms with Crippen LogP contribution in [-0.4, -0.2) is 110 Å². The van der Waals surface area contributed by atoms with E-state index in [1.165, 1.54) is 0 Å². The summed E-state index contributed by atoms with van der Waals surface area (Å²) in [5.41, 5.74) is -6.97. The fourth-order valence-corrected chi connectivity index (χ4v) is 9.89. The maximum Gasteiger partial charge on any atom is 0.145 e. The lowest BCUT2D eigenvalue weighted by molar-refractivity contribution is -0.163. The summed E-state index contributed by atoms with van der Waals surface area (Å²) < 4.78 is 98.4. The van der Waals surface area contributed by atoms with Gasteiger partial charge in [0.1, 0.15) is 41.0 Å². The summed E-state index contributed by atoms with van der Waals surface area (Å²) in [6.45, 7) is 1.59. The quantitative estimate of drug-likeness (QED) is 0.282. The van der Waals surface area contributed by atoms with E-state index in [1.807, 2.05) is 0 Å². The van der Waals surface area contributed by atoms with Crippen LogP contribution in [0.4, 0.5) is 17.6 Å². The predicted octanol–water partition coefficient (Wildman–Crippen LogP) is 3.19. The molecule has 6 aliphatic carbocycles. The molecule has 8 rings (SSSR count). The minimum atomic E-state index is -1.79. The van der Waals surface area contributed by atoms with E-state index in [1.54, 1.807) is 0 Å². The van der Waals surface area contributed by atoms with Crippen molar-refractivity contribution in [2.45, 2.75) is 117 Å². The first-order valence-corrected chi connectivity index (χ1v) is 15.3. The maximum atomic E-state index is 16.4. The van der Waals surface area contributed by atoms with E-state index in [9.17, 15) is 5.11 Å². The molecule has 11 heteroatoms. The second kappa shape index (κ2) is 9.22. The molecule has 15 unspecified atom stereocenters. The summed E-state index contributed by atoms with van der Waals surface area (Å²) in [6, 6.07) is 0. The molecule has 2 aliphatic heterocycles. The number of alkyl halides is 4. The first-order valence-electron chi connectivity index (χ1n) is 15.3. The van der Waals surface area contributed by atoms with Crippen molar-refractivity contribution in [3.8, 4) is 0 Å². The number of hydrogen-bond donors (Lipinski definition) is 1. The monoisotopic (exact) mass is 576 g/mol. The summed E-state index contributed by atoms with van der Waals surface area (Å²) in [4.78, 5) is 0. The van der Waals surface area contributed by atoms with Crippen LogP contribution in [0.3, 0.4) is 0 Å². The van der Waals surface area contributed by atoms with Gasteiger partial charge in [0.15, 0.2) is 0 Å². The number of halogens is 4. The second-order valence-electron chi connectivity index (χ2n) is 13.9. The molecule has 0 spiro atoms. The number of ether oxygens (including phenoxy) is 6. The van der Waals surface area contributed by atoms with E-state index in [4.69, 9.17) is 28.4 Å². The Bertz CT molecular complexity index is 1000. The molecule has 15 atom stereocenters. The van der Waals surface area contributed by atoms with Gasteiger partial charge in [-0.1, -0.05) is 0 Å². The molecule has 8 aliphatic rings. The van der Waals surface area contributed by atoms with Crippen molar-refractivity contribution in [1.29, 1.82) is 0 Å². The van der Waals surface area contributed by atoms with Crippen LogP contribution in [0.25, 0.3) is 0 Å². The molecule has 0 aromatic carbocycles. The Labute approximate surface area is 231 Å². The first-order chi connectivity index (χ1) is 19.2. The minimum Gasteiger partial charge on any atom is -0.388 e. The van der Waals surface area contributed by atoms with Crippen molar-refractivity contribution in [3.63, 3.8) is 0 Å². The largest absolute Gasteiger partial charge is 0.388 e. The first kappa shape index (κ1) is 27.0. The van der Waals surface area contributed by atoms with Gasteiger partial charge in [0.2, 0.25) is 0 Å². The highest BCUT2D eigenvalue weighted by molar-refractivity contribution is 5.26. The van der Waals surface area contributed by atoms with Gasteiger partial charge in [-0.05, 0) is 51.4 Å². The lowest BCUT2D eigenvalue weighted by Gasteiger charge is -2.42. The van der Waals surface area contributed by atoms with Crippen molar-refractivity contribution in [1.82, 2.24) is 0 Å². The molecule has 8 fully saturated rings. The molecule has 226 valence electrons. The van der Waals surface area contributed by atoms with Crippen LogP contribution in [0.5, 0.6) is 0 Å². The summed E-state index contributed by atoms with van der Waals surface area (Å²) in [5.74, 6) is -2.52. The van der Waals surface area contributed by atoms with Gasteiger partial charge in [-0.25, -0.2) is 17.6 Å². The normalized spacial score (nSPS) is 57.5. The highest BCUT2D eigenvalue weighted by Crippen LogP contribution is 2.69. The van der Waals surface area contributed by atoms with Gasteiger partial charge in [-0.15, -0.1) is 0 Å². The summed E-state index contributed by atoms with van der Waals surface area (Å²) in [5, 5.41) is 10.6. The fourth-order valence-electron chi connectivity index (χ4n) is 9.89. The Kier molecular flexibility index (Phi) is 6.23. The average Bonchev–Trinajstić information content (AvgIpc) is 3.75. The molecule has 7 nitrogen and oxygen atoms in total. The van der Waals surface area contributed by atoms with Gasteiger partial charge >= 0.3 is 0 Å². The third-order valence-corrected chi connectivity index (χ3v) is 11.8. The summed E-state index contributed by atoms with van der Waals surface area (Å²) in [7, 11) is 0. The van der Waals surface area contributed by atoms with E-state index >= 15 is 17.6 Å². The van der Waals surface area contributed by atoms with Crippen molar-refractivity contribution in [2.75, 3.05) is 39.6 Å². The lowest BCUT2D eigenvalue weighted by Crippen LogP contribution is -2.54. The number of hydrogen-bond acceptors (Lipinski definition) is 7. The summed E-state index contributed by atoms with van der Waals surface area (Å²) in [6.07, 6.45) is -1.42. The molecule has 0 aromatic rings. The molecule has 6 saturated carbocycles. The molecule has 0 amide bonds. The Morgan fingerprint density at radius 1 is 0.650 bits per heavy atom. The molecule has 0 radical (unpaired) electrons. The number of epoxide rings is 2. The van der Waals surface area contributed by atoms with E-state index in [-0.39, 0.29) is 44.7 Å². The van der Waals surface area contributed by atoms with Crippen LogP contribution in [0, 0.1) is 23.7 Å². The standard InChI is InChI=1S/C29H40F4O7/c30-26-7-15(29(33)20(26)2-4-23(29)39-13-18-11-35-18)5-24(26)38-10-17(34)9-37-22-3-1-21-27(31)8-16(28(21,22)32)6-25(27)40-14-19-12-36-19/h15-25,34H,1-14H2. The van der Waals surface area contributed by atoms with Gasteiger partial charge in [0, 0.05) is 23.7 Å². The number of rotatable bonds is 12. The third kappa shape index (κ3) is 3.86. The maximum absolute atomic E-state index is 16.4. The molecule has 4 bridgehead atoms. The van der Waals surface area contributed by atoms with E-state index in [2.05, 4.69) is 0 Å². The lowest BCUT2D eigenvalue weighted by atomic mass is 9.75. The van der Waals surface area contributed by atoms with Crippen LogP contribution in [0.1, 0.15) is 51.4 Å².